The van der Waals surface area contributed by atoms with Gasteiger partial charge in [0.15, 0.2) is 0 Å². The molecule has 82 valence electrons. The Morgan fingerprint density at radius 1 is 1.25 bits per heavy atom. The largest absolute Gasteiger partial charge is 0.497 e. The van der Waals surface area contributed by atoms with Crippen molar-refractivity contribution in [1.82, 2.24) is 4.98 Å². The summed E-state index contributed by atoms with van der Waals surface area (Å²) in [6, 6.07) is 11.3. The maximum absolute atomic E-state index is 5.75. The van der Waals surface area contributed by atoms with E-state index in [-0.39, 0.29) is 0 Å². The molecule has 0 fully saturated rings. The zero-order valence-corrected chi connectivity index (χ0v) is 9.53. The third kappa shape index (κ3) is 2.64. The van der Waals surface area contributed by atoms with Crippen molar-refractivity contribution in [2.75, 3.05) is 12.4 Å². The number of nitrogens with zero attached hydrogens (tertiary/aromatic N) is 1. The summed E-state index contributed by atoms with van der Waals surface area (Å²) >= 11 is 5.75. The van der Waals surface area contributed by atoms with Crippen LogP contribution in [0.5, 0.6) is 5.75 Å². The summed E-state index contributed by atoms with van der Waals surface area (Å²) in [6.07, 6.45) is 1.60. The van der Waals surface area contributed by atoms with Crippen LogP contribution in [-0.2, 0) is 0 Å². The molecule has 2 rings (SSSR count). The summed E-state index contributed by atoms with van der Waals surface area (Å²) in [7, 11) is 1.64. The van der Waals surface area contributed by atoms with Crippen LogP contribution in [0.3, 0.4) is 0 Å². The summed E-state index contributed by atoms with van der Waals surface area (Å²) in [5.74, 6) is 1.55. The Morgan fingerprint density at radius 3 is 2.81 bits per heavy atom. The van der Waals surface area contributed by atoms with E-state index in [9.17, 15) is 0 Å². The van der Waals surface area contributed by atoms with Crippen molar-refractivity contribution in [3.8, 4) is 5.75 Å². The molecule has 0 aliphatic rings. The Bertz CT molecular complexity index is 471. The van der Waals surface area contributed by atoms with Gasteiger partial charge in [-0.15, -0.1) is 0 Å². The van der Waals surface area contributed by atoms with E-state index in [1.54, 1.807) is 19.4 Å². The van der Waals surface area contributed by atoms with Crippen LogP contribution in [0, 0.1) is 0 Å². The minimum Gasteiger partial charge on any atom is -0.497 e. The Labute approximate surface area is 99.0 Å². The molecule has 0 aliphatic heterocycles. The maximum atomic E-state index is 5.75. The van der Waals surface area contributed by atoms with Gasteiger partial charge in [0, 0.05) is 18.0 Å². The number of ether oxygens (including phenoxy) is 1. The Kier molecular flexibility index (Phi) is 3.27. The molecule has 1 heterocycles. The minimum atomic E-state index is 0.621. The van der Waals surface area contributed by atoms with E-state index < -0.39 is 0 Å². The first-order chi connectivity index (χ1) is 7.78. The van der Waals surface area contributed by atoms with E-state index in [4.69, 9.17) is 16.3 Å². The van der Waals surface area contributed by atoms with Crippen molar-refractivity contribution in [2.45, 2.75) is 0 Å². The Hall–Kier alpha value is -1.74. The van der Waals surface area contributed by atoms with Gasteiger partial charge in [-0.25, -0.2) is 4.98 Å². The van der Waals surface area contributed by atoms with Crippen LogP contribution < -0.4 is 10.1 Å². The number of nitrogens with one attached hydrogen (secondary N) is 1. The molecule has 2 aromatic rings. The lowest BCUT2D eigenvalue weighted by atomic mass is 10.3. The normalized spacial score (nSPS) is 9.88. The fourth-order valence-corrected chi connectivity index (χ4v) is 1.41. The lowest BCUT2D eigenvalue weighted by molar-refractivity contribution is 0.415. The molecule has 0 unspecified atom stereocenters. The molecule has 0 saturated heterocycles. The lowest BCUT2D eigenvalue weighted by Gasteiger charge is -2.06. The van der Waals surface area contributed by atoms with Gasteiger partial charge in [0.2, 0.25) is 0 Å². The highest BCUT2D eigenvalue weighted by molar-refractivity contribution is 6.30. The van der Waals surface area contributed by atoms with E-state index in [0.717, 1.165) is 17.3 Å². The van der Waals surface area contributed by atoms with Gasteiger partial charge in [0.25, 0.3) is 0 Å². The number of halogens is 1. The first-order valence-electron chi connectivity index (χ1n) is 4.80. The van der Waals surface area contributed by atoms with Crippen LogP contribution >= 0.6 is 11.6 Å². The highest BCUT2D eigenvalue weighted by Gasteiger charge is 1.97. The van der Waals surface area contributed by atoms with Crippen molar-refractivity contribution >= 4 is 23.1 Å². The van der Waals surface area contributed by atoms with E-state index in [1.165, 1.54) is 0 Å². The van der Waals surface area contributed by atoms with Gasteiger partial charge in [-0.1, -0.05) is 17.7 Å². The number of pyridine rings is 1. The number of anilines is 2. The topological polar surface area (TPSA) is 34.1 Å². The number of methoxy groups -OCH3 is 1. The van der Waals surface area contributed by atoms with Gasteiger partial charge >= 0.3 is 0 Å². The van der Waals surface area contributed by atoms with Crippen molar-refractivity contribution in [2.24, 2.45) is 0 Å². The summed E-state index contributed by atoms with van der Waals surface area (Å²) < 4.78 is 5.13. The molecule has 0 bridgehead atoms. The molecule has 0 aliphatic carbocycles. The summed E-state index contributed by atoms with van der Waals surface area (Å²) in [6.45, 7) is 0. The zero-order chi connectivity index (χ0) is 11.4. The van der Waals surface area contributed by atoms with E-state index in [0.29, 0.717) is 5.02 Å². The summed E-state index contributed by atoms with van der Waals surface area (Å²) in [5, 5.41) is 3.78. The van der Waals surface area contributed by atoms with Crippen LogP contribution in [0.25, 0.3) is 0 Å². The van der Waals surface area contributed by atoms with Crippen LogP contribution in [0.1, 0.15) is 0 Å². The summed E-state index contributed by atoms with van der Waals surface area (Å²) in [5.41, 5.74) is 0.925. The molecule has 0 atom stereocenters. The Morgan fingerprint density at radius 2 is 2.12 bits per heavy atom. The second-order valence-corrected chi connectivity index (χ2v) is 3.66. The molecule has 0 radical (unpaired) electrons. The number of hydrogen-bond donors (Lipinski definition) is 1. The average molecular weight is 235 g/mol. The van der Waals surface area contributed by atoms with Gasteiger partial charge < -0.3 is 10.1 Å². The van der Waals surface area contributed by atoms with Crippen molar-refractivity contribution in [1.29, 1.82) is 0 Å². The fraction of sp³-hybridized carbons (Fsp3) is 0.0833. The molecular formula is C12H11ClN2O. The first kappa shape index (κ1) is 10.8. The maximum Gasteiger partial charge on any atom is 0.130 e. The number of hydrogen-bond acceptors (Lipinski definition) is 3. The van der Waals surface area contributed by atoms with Crippen molar-refractivity contribution in [3.63, 3.8) is 0 Å². The van der Waals surface area contributed by atoms with Gasteiger partial charge in [0.1, 0.15) is 11.6 Å². The quantitative estimate of drug-likeness (QED) is 0.883. The summed E-state index contributed by atoms with van der Waals surface area (Å²) in [4.78, 5) is 4.15. The van der Waals surface area contributed by atoms with E-state index >= 15 is 0 Å². The van der Waals surface area contributed by atoms with E-state index in [1.807, 2.05) is 30.3 Å². The SMILES string of the molecule is COc1cccc(Nc2ccc(Cl)cn2)c1. The predicted molar refractivity (Wildman–Crippen MR) is 65.5 cm³/mol. The molecule has 4 heteroatoms. The van der Waals surface area contributed by atoms with Crippen molar-refractivity contribution in [3.05, 3.63) is 47.6 Å². The first-order valence-corrected chi connectivity index (χ1v) is 5.18. The average Bonchev–Trinajstić information content (AvgIpc) is 2.32. The molecule has 1 aromatic heterocycles. The van der Waals surface area contributed by atoms with Crippen LogP contribution in [-0.4, -0.2) is 12.1 Å². The fourth-order valence-electron chi connectivity index (χ4n) is 1.30. The number of aromatic nitrogens is 1. The van der Waals surface area contributed by atoms with Crippen LogP contribution in [0.4, 0.5) is 11.5 Å². The van der Waals surface area contributed by atoms with Gasteiger partial charge in [-0.3, -0.25) is 0 Å². The predicted octanol–water partition coefficient (Wildman–Crippen LogP) is 3.49. The molecule has 3 nitrogen and oxygen atoms in total. The monoisotopic (exact) mass is 234 g/mol. The molecule has 0 spiro atoms. The standard InChI is InChI=1S/C12H11ClN2O/c1-16-11-4-2-3-10(7-11)15-12-6-5-9(13)8-14-12/h2-8H,1H3,(H,14,15). The second-order valence-electron chi connectivity index (χ2n) is 3.22. The molecule has 16 heavy (non-hydrogen) atoms. The zero-order valence-electron chi connectivity index (χ0n) is 8.77. The van der Waals surface area contributed by atoms with Gasteiger partial charge in [0.05, 0.1) is 12.1 Å². The highest BCUT2D eigenvalue weighted by atomic mass is 35.5. The third-order valence-corrected chi connectivity index (χ3v) is 2.29. The van der Waals surface area contributed by atoms with Crippen LogP contribution in [0.15, 0.2) is 42.6 Å². The molecule has 0 saturated carbocycles. The van der Waals surface area contributed by atoms with Crippen LogP contribution in [0.2, 0.25) is 5.02 Å². The van der Waals surface area contributed by atoms with E-state index in [2.05, 4.69) is 10.3 Å². The Balaban J connectivity index is 2.16. The van der Waals surface area contributed by atoms with Gasteiger partial charge in [-0.2, -0.15) is 0 Å². The lowest BCUT2D eigenvalue weighted by Crippen LogP contribution is -1.93. The van der Waals surface area contributed by atoms with Crippen molar-refractivity contribution < 1.29 is 4.74 Å². The number of benzene rings is 1. The molecule has 0 amide bonds. The molecular weight excluding hydrogens is 224 g/mol. The molecule has 1 N–H and O–H groups in total. The third-order valence-electron chi connectivity index (χ3n) is 2.07. The second kappa shape index (κ2) is 4.86. The highest BCUT2D eigenvalue weighted by Crippen LogP contribution is 2.20. The molecule has 1 aromatic carbocycles. The minimum absolute atomic E-state index is 0.621. The number of rotatable bonds is 3. The van der Waals surface area contributed by atoms with Gasteiger partial charge in [-0.05, 0) is 24.3 Å². The smallest absolute Gasteiger partial charge is 0.130 e.